The van der Waals surface area contributed by atoms with E-state index in [-0.39, 0.29) is 17.2 Å². The average Bonchev–Trinajstić information content (AvgIpc) is 2.56. The molecule has 8 heteroatoms. The summed E-state index contributed by atoms with van der Waals surface area (Å²) in [5.41, 5.74) is 1.10. The molecule has 25 heavy (non-hydrogen) atoms. The van der Waals surface area contributed by atoms with E-state index < -0.39 is 17.5 Å². The molecule has 0 fully saturated rings. The van der Waals surface area contributed by atoms with E-state index in [0.717, 1.165) is 11.6 Å². The van der Waals surface area contributed by atoms with Crippen molar-refractivity contribution in [3.8, 4) is 0 Å². The summed E-state index contributed by atoms with van der Waals surface area (Å²) < 4.78 is 5.07. The van der Waals surface area contributed by atoms with Crippen molar-refractivity contribution in [3.05, 3.63) is 46.0 Å². The molecule has 0 aromatic heterocycles. The van der Waals surface area contributed by atoms with Gasteiger partial charge in [-0.2, -0.15) is 0 Å². The highest BCUT2D eigenvalue weighted by atomic mass is 16.6. The number of likely N-dealkylation sites (N-methyl/N-ethyl adjacent to an activating group) is 1. The smallest absolute Gasteiger partial charge is 0.341 e. The number of carbonyl (C=O) groups excluding carboxylic acids is 2. The predicted molar refractivity (Wildman–Crippen MR) is 94.8 cm³/mol. The quantitative estimate of drug-likeness (QED) is 0.309. The molecule has 8 nitrogen and oxygen atoms in total. The van der Waals surface area contributed by atoms with Gasteiger partial charge in [-0.15, -0.1) is 0 Å². The highest BCUT2D eigenvalue weighted by Gasteiger charge is 2.21. The maximum absolute atomic E-state index is 12.3. The van der Waals surface area contributed by atoms with Gasteiger partial charge in [-0.1, -0.05) is 12.2 Å². The first-order valence-corrected chi connectivity index (χ1v) is 7.72. The van der Waals surface area contributed by atoms with Gasteiger partial charge in [0.2, 0.25) is 0 Å². The minimum absolute atomic E-state index is 0.0370. The molecule has 0 atom stereocenters. The molecule has 0 spiro atoms. The Kier molecular flexibility index (Phi) is 7.10. The number of anilines is 1. The third-order valence-corrected chi connectivity index (χ3v) is 3.41. The fourth-order valence-corrected chi connectivity index (χ4v) is 2.19. The summed E-state index contributed by atoms with van der Waals surface area (Å²) in [4.78, 5) is 37.9. The average molecular weight is 349 g/mol. The fourth-order valence-electron chi connectivity index (χ4n) is 2.19. The number of ether oxygens (including phenoxy) is 1. The SMILES string of the molecule is C=C(C)CN(CC)C(=O)COC(=O)c1cc([N+](=O)[O-])ccc1N(C)C. The molecule has 136 valence electrons. The van der Waals surface area contributed by atoms with E-state index in [0.29, 0.717) is 18.8 Å². The van der Waals surface area contributed by atoms with Crippen molar-refractivity contribution in [2.75, 3.05) is 38.7 Å². The Hall–Kier alpha value is -2.90. The number of hydrogen-bond acceptors (Lipinski definition) is 6. The number of hydrogen-bond donors (Lipinski definition) is 0. The lowest BCUT2D eigenvalue weighted by Gasteiger charge is -2.21. The number of amides is 1. The first-order valence-electron chi connectivity index (χ1n) is 7.72. The largest absolute Gasteiger partial charge is 0.452 e. The Morgan fingerprint density at radius 2 is 1.96 bits per heavy atom. The summed E-state index contributed by atoms with van der Waals surface area (Å²) in [6.07, 6.45) is 0. The lowest BCUT2D eigenvalue weighted by Crippen LogP contribution is -2.35. The lowest BCUT2D eigenvalue weighted by atomic mass is 10.1. The Morgan fingerprint density at radius 1 is 1.32 bits per heavy atom. The molecule has 0 unspecified atom stereocenters. The molecule has 0 saturated carbocycles. The van der Waals surface area contributed by atoms with E-state index >= 15 is 0 Å². The van der Waals surface area contributed by atoms with Gasteiger partial charge in [0.1, 0.15) is 0 Å². The van der Waals surface area contributed by atoms with Gasteiger partial charge in [0.15, 0.2) is 6.61 Å². The van der Waals surface area contributed by atoms with Crippen molar-refractivity contribution in [3.63, 3.8) is 0 Å². The van der Waals surface area contributed by atoms with Crippen LogP contribution in [0.3, 0.4) is 0 Å². The Balaban J connectivity index is 2.92. The van der Waals surface area contributed by atoms with Gasteiger partial charge in [-0.3, -0.25) is 14.9 Å². The highest BCUT2D eigenvalue weighted by molar-refractivity contribution is 5.97. The lowest BCUT2D eigenvalue weighted by molar-refractivity contribution is -0.384. The van der Waals surface area contributed by atoms with Crippen molar-refractivity contribution in [2.45, 2.75) is 13.8 Å². The third-order valence-electron chi connectivity index (χ3n) is 3.41. The predicted octanol–water partition coefficient (Wildman–Crippen LogP) is 2.24. The number of benzene rings is 1. The van der Waals surface area contributed by atoms with Crippen molar-refractivity contribution in [1.29, 1.82) is 0 Å². The van der Waals surface area contributed by atoms with Gasteiger partial charge in [0.05, 0.1) is 16.2 Å². The van der Waals surface area contributed by atoms with Crippen LogP contribution in [0.1, 0.15) is 24.2 Å². The molecule has 1 amide bonds. The number of rotatable bonds is 8. The van der Waals surface area contributed by atoms with Gasteiger partial charge in [0, 0.05) is 39.3 Å². The number of non-ortho nitro benzene ring substituents is 1. The van der Waals surface area contributed by atoms with Crippen LogP contribution in [-0.4, -0.2) is 55.5 Å². The zero-order chi connectivity index (χ0) is 19.1. The molecule has 0 heterocycles. The molecule has 0 saturated heterocycles. The second-order valence-corrected chi connectivity index (χ2v) is 5.79. The van der Waals surface area contributed by atoms with E-state index in [9.17, 15) is 19.7 Å². The third kappa shape index (κ3) is 5.59. The monoisotopic (exact) mass is 349 g/mol. The normalized spacial score (nSPS) is 10.1. The summed E-state index contributed by atoms with van der Waals surface area (Å²) in [7, 11) is 3.41. The highest BCUT2D eigenvalue weighted by Crippen LogP contribution is 2.25. The second-order valence-electron chi connectivity index (χ2n) is 5.79. The first kappa shape index (κ1) is 20.1. The Morgan fingerprint density at radius 3 is 2.44 bits per heavy atom. The summed E-state index contributed by atoms with van der Waals surface area (Å²) in [5, 5.41) is 10.9. The molecule has 0 bridgehead atoms. The molecule has 1 aromatic carbocycles. The fraction of sp³-hybridized carbons (Fsp3) is 0.412. The van der Waals surface area contributed by atoms with Crippen molar-refractivity contribution >= 4 is 23.3 Å². The maximum atomic E-state index is 12.3. The molecule has 0 N–H and O–H groups in total. The molecule has 0 aliphatic carbocycles. The number of esters is 1. The number of carbonyl (C=O) groups is 2. The molecule has 0 radical (unpaired) electrons. The Labute approximate surface area is 146 Å². The van der Waals surface area contributed by atoms with Crippen LogP contribution in [0.5, 0.6) is 0 Å². The van der Waals surface area contributed by atoms with E-state index in [1.165, 1.54) is 17.0 Å². The van der Waals surface area contributed by atoms with Gasteiger partial charge < -0.3 is 14.5 Å². The topological polar surface area (TPSA) is 93.0 Å². The van der Waals surface area contributed by atoms with Gasteiger partial charge in [-0.05, 0) is 19.9 Å². The molecular formula is C17H23N3O5. The van der Waals surface area contributed by atoms with Crippen LogP contribution in [0, 0.1) is 10.1 Å². The van der Waals surface area contributed by atoms with Gasteiger partial charge >= 0.3 is 5.97 Å². The molecule has 1 aromatic rings. The van der Waals surface area contributed by atoms with E-state index in [2.05, 4.69) is 6.58 Å². The number of nitrogens with zero attached hydrogens (tertiary/aromatic N) is 3. The Bertz CT molecular complexity index is 685. The summed E-state index contributed by atoms with van der Waals surface area (Å²) >= 11 is 0. The summed E-state index contributed by atoms with van der Waals surface area (Å²) in [6.45, 7) is 7.78. The minimum atomic E-state index is -0.785. The van der Waals surface area contributed by atoms with Crippen molar-refractivity contribution in [1.82, 2.24) is 4.90 Å². The molecular weight excluding hydrogens is 326 g/mol. The van der Waals surface area contributed by atoms with Crippen LogP contribution in [-0.2, 0) is 9.53 Å². The molecule has 1 rings (SSSR count). The van der Waals surface area contributed by atoms with Gasteiger partial charge in [-0.25, -0.2) is 4.79 Å². The number of nitro benzene ring substituents is 1. The summed E-state index contributed by atoms with van der Waals surface area (Å²) in [5.74, 6) is -1.14. The second kappa shape index (κ2) is 8.81. The van der Waals surface area contributed by atoms with Crippen LogP contribution in [0.4, 0.5) is 11.4 Å². The maximum Gasteiger partial charge on any atom is 0.341 e. The first-order chi connectivity index (χ1) is 11.7. The van der Waals surface area contributed by atoms with Crippen molar-refractivity contribution in [2.24, 2.45) is 0 Å². The van der Waals surface area contributed by atoms with Gasteiger partial charge in [0.25, 0.3) is 11.6 Å². The molecule has 0 aliphatic heterocycles. The zero-order valence-corrected chi connectivity index (χ0v) is 14.9. The molecule has 0 aliphatic rings. The van der Waals surface area contributed by atoms with Crippen LogP contribution in [0.15, 0.2) is 30.4 Å². The van der Waals surface area contributed by atoms with E-state index in [1.54, 1.807) is 25.9 Å². The van der Waals surface area contributed by atoms with E-state index in [4.69, 9.17) is 4.74 Å². The van der Waals surface area contributed by atoms with E-state index in [1.807, 2.05) is 6.92 Å². The standard InChI is InChI=1S/C17H23N3O5/c1-6-19(10-12(2)3)16(21)11-25-17(22)14-9-13(20(23)24)7-8-15(14)18(4)5/h7-9H,2,6,10-11H2,1,3-5H3. The minimum Gasteiger partial charge on any atom is -0.452 e. The van der Waals surface area contributed by atoms with Crippen LogP contribution < -0.4 is 4.90 Å². The van der Waals surface area contributed by atoms with Crippen LogP contribution >= 0.6 is 0 Å². The zero-order valence-electron chi connectivity index (χ0n) is 14.9. The van der Waals surface area contributed by atoms with Crippen LogP contribution in [0.2, 0.25) is 0 Å². The van der Waals surface area contributed by atoms with Crippen molar-refractivity contribution < 1.29 is 19.2 Å². The summed E-state index contributed by atoms with van der Waals surface area (Å²) in [6, 6.07) is 3.92. The van der Waals surface area contributed by atoms with Crippen LogP contribution in [0.25, 0.3) is 0 Å². The number of nitro groups is 1.